The molecule has 0 aliphatic carbocycles. The van der Waals surface area contributed by atoms with Crippen molar-refractivity contribution in [2.45, 2.75) is 32.5 Å². The Balaban J connectivity index is 1.61. The van der Waals surface area contributed by atoms with Crippen molar-refractivity contribution in [1.82, 2.24) is 29.2 Å². The zero-order chi connectivity index (χ0) is 22.1. The Hall–Kier alpha value is -2.95. The van der Waals surface area contributed by atoms with Gasteiger partial charge in [-0.05, 0) is 18.6 Å². The number of methoxy groups -OCH3 is 2. The monoisotopic (exact) mass is 446 g/mol. The first kappa shape index (κ1) is 21.3. The van der Waals surface area contributed by atoms with E-state index in [0.29, 0.717) is 33.4 Å². The summed E-state index contributed by atoms with van der Waals surface area (Å²) in [5.41, 5.74) is 2.49. The number of Topliss-reactive ketones (excluding diaryl/α,β-unsaturated/α-hetero) is 1. The topological polar surface area (TPSA) is 95.9 Å². The maximum absolute atomic E-state index is 14.4. The molecule has 4 rings (SSSR count). The molecule has 4 heterocycles. The second-order valence-electron chi connectivity index (χ2n) is 7.10. The standard InChI is InChI=1S/C20H20ClFN6O3/c1-11(31-3)19-13(8-23-18-7-16(21)25-28(18)19)6-14(29)4-12-5-15(22)20-24-17(10-30-2)26-27(20)9-12/h5,7-9,11H,4,6,10H2,1-3H3/t11-/m0/s1. The molecular weight excluding hydrogens is 427 g/mol. The summed E-state index contributed by atoms with van der Waals surface area (Å²) < 4.78 is 27.8. The first-order chi connectivity index (χ1) is 14.9. The Morgan fingerprint density at radius 3 is 2.81 bits per heavy atom. The molecule has 31 heavy (non-hydrogen) atoms. The maximum Gasteiger partial charge on any atom is 0.191 e. The molecule has 0 amide bonds. The molecule has 0 aromatic carbocycles. The fraction of sp³-hybridized carbons (Fsp3) is 0.350. The highest BCUT2D eigenvalue weighted by molar-refractivity contribution is 6.29. The Bertz CT molecular complexity index is 1270. The minimum atomic E-state index is -0.553. The van der Waals surface area contributed by atoms with E-state index in [2.05, 4.69) is 20.2 Å². The Morgan fingerprint density at radius 2 is 2.06 bits per heavy atom. The lowest BCUT2D eigenvalue weighted by Gasteiger charge is -2.16. The van der Waals surface area contributed by atoms with Gasteiger partial charge < -0.3 is 9.47 Å². The highest BCUT2D eigenvalue weighted by Crippen LogP contribution is 2.24. The lowest BCUT2D eigenvalue weighted by molar-refractivity contribution is -0.117. The summed E-state index contributed by atoms with van der Waals surface area (Å²) in [5.74, 6) is -0.316. The van der Waals surface area contributed by atoms with Crippen LogP contribution >= 0.6 is 11.6 Å². The third-order valence-corrected chi connectivity index (χ3v) is 5.05. The van der Waals surface area contributed by atoms with Gasteiger partial charge in [0.1, 0.15) is 12.4 Å². The van der Waals surface area contributed by atoms with Crippen LogP contribution in [-0.2, 0) is 33.7 Å². The van der Waals surface area contributed by atoms with Crippen LogP contribution in [-0.4, -0.2) is 49.2 Å². The Morgan fingerprint density at radius 1 is 1.26 bits per heavy atom. The molecule has 0 radical (unpaired) electrons. The van der Waals surface area contributed by atoms with Gasteiger partial charge in [0.15, 0.2) is 28.1 Å². The molecule has 0 aliphatic rings. The number of hydrogen-bond donors (Lipinski definition) is 0. The molecule has 0 aliphatic heterocycles. The van der Waals surface area contributed by atoms with Crippen molar-refractivity contribution in [3.05, 3.63) is 58.1 Å². The molecule has 0 saturated heterocycles. The average Bonchev–Trinajstić information content (AvgIpc) is 3.30. The van der Waals surface area contributed by atoms with Gasteiger partial charge >= 0.3 is 0 Å². The van der Waals surface area contributed by atoms with Crippen LogP contribution in [0.2, 0.25) is 5.15 Å². The van der Waals surface area contributed by atoms with E-state index in [4.69, 9.17) is 21.1 Å². The number of fused-ring (bicyclic) bond motifs is 2. The van der Waals surface area contributed by atoms with Gasteiger partial charge in [0.05, 0.1) is 11.8 Å². The van der Waals surface area contributed by atoms with E-state index in [9.17, 15) is 9.18 Å². The molecule has 9 nitrogen and oxygen atoms in total. The van der Waals surface area contributed by atoms with Gasteiger partial charge in [-0.2, -0.15) is 5.10 Å². The maximum atomic E-state index is 14.4. The van der Waals surface area contributed by atoms with Gasteiger partial charge in [-0.3, -0.25) is 4.79 Å². The molecule has 0 bridgehead atoms. The minimum Gasteiger partial charge on any atom is -0.377 e. The van der Waals surface area contributed by atoms with Crippen molar-refractivity contribution in [3.63, 3.8) is 0 Å². The first-order valence-electron chi connectivity index (χ1n) is 9.49. The van der Waals surface area contributed by atoms with Crippen LogP contribution in [0.1, 0.15) is 35.7 Å². The minimum absolute atomic E-state index is 0.0189. The highest BCUT2D eigenvalue weighted by atomic mass is 35.5. The molecule has 0 fully saturated rings. The predicted octanol–water partition coefficient (Wildman–Crippen LogP) is 2.77. The van der Waals surface area contributed by atoms with Crippen molar-refractivity contribution in [3.8, 4) is 0 Å². The van der Waals surface area contributed by atoms with Crippen LogP contribution in [0.3, 0.4) is 0 Å². The number of ketones is 1. The summed E-state index contributed by atoms with van der Waals surface area (Å²) in [7, 11) is 3.08. The summed E-state index contributed by atoms with van der Waals surface area (Å²) in [6, 6.07) is 2.93. The molecule has 162 valence electrons. The van der Waals surface area contributed by atoms with E-state index >= 15 is 0 Å². The van der Waals surface area contributed by atoms with Crippen LogP contribution in [0.5, 0.6) is 0 Å². The van der Waals surface area contributed by atoms with Crippen LogP contribution in [0, 0.1) is 5.82 Å². The number of carbonyl (C=O) groups is 1. The van der Waals surface area contributed by atoms with Crippen LogP contribution < -0.4 is 0 Å². The summed E-state index contributed by atoms with van der Waals surface area (Å²) in [6.07, 6.45) is 2.97. The van der Waals surface area contributed by atoms with Crippen molar-refractivity contribution in [2.24, 2.45) is 0 Å². The van der Waals surface area contributed by atoms with E-state index in [1.165, 1.54) is 17.7 Å². The number of hydrogen-bond acceptors (Lipinski definition) is 7. The molecule has 11 heteroatoms. The first-order valence-corrected chi connectivity index (χ1v) is 9.87. The highest BCUT2D eigenvalue weighted by Gasteiger charge is 2.20. The van der Waals surface area contributed by atoms with Gasteiger partial charge in [-0.25, -0.2) is 23.4 Å². The van der Waals surface area contributed by atoms with Crippen molar-refractivity contribution >= 4 is 28.7 Å². The fourth-order valence-corrected chi connectivity index (χ4v) is 3.64. The zero-order valence-corrected chi connectivity index (χ0v) is 17.9. The largest absolute Gasteiger partial charge is 0.377 e. The van der Waals surface area contributed by atoms with E-state index in [1.807, 2.05) is 6.92 Å². The zero-order valence-electron chi connectivity index (χ0n) is 17.2. The SMILES string of the molecule is COCc1nc2c(F)cc(CC(=O)Cc3cnc4cc(Cl)nn4c3[C@H](C)OC)cn2n1. The van der Waals surface area contributed by atoms with Gasteiger partial charge in [0, 0.05) is 51.1 Å². The normalized spacial score (nSPS) is 12.7. The van der Waals surface area contributed by atoms with Crippen LogP contribution in [0.4, 0.5) is 4.39 Å². The number of pyridine rings is 1. The summed E-state index contributed by atoms with van der Waals surface area (Å²) in [6.45, 7) is 2.02. The second kappa shape index (κ2) is 8.66. The summed E-state index contributed by atoms with van der Waals surface area (Å²) in [5, 5.41) is 8.72. The lowest BCUT2D eigenvalue weighted by Crippen LogP contribution is -2.15. The van der Waals surface area contributed by atoms with Crippen LogP contribution in [0.25, 0.3) is 11.3 Å². The fourth-order valence-electron chi connectivity index (χ4n) is 3.47. The van der Waals surface area contributed by atoms with Crippen LogP contribution in [0.15, 0.2) is 24.5 Å². The van der Waals surface area contributed by atoms with Gasteiger partial charge in [0.25, 0.3) is 0 Å². The molecule has 4 aromatic heterocycles. The second-order valence-corrected chi connectivity index (χ2v) is 7.49. The number of aromatic nitrogens is 6. The Kier molecular flexibility index (Phi) is 5.94. The number of rotatable bonds is 8. The number of nitrogens with zero attached hydrogens (tertiary/aromatic N) is 6. The van der Waals surface area contributed by atoms with Gasteiger partial charge in [0.2, 0.25) is 0 Å². The molecule has 0 unspecified atom stereocenters. The smallest absolute Gasteiger partial charge is 0.191 e. The number of halogens is 2. The number of carbonyl (C=O) groups excluding carboxylic acids is 1. The van der Waals surface area contributed by atoms with E-state index < -0.39 is 5.82 Å². The van der Waals surface area contributed by atoms with E-state index in [0.717, 1.165) is 0 Å². The third kappa shape index (κ3) is 4.27. The Labute approximate surface area is 181 Å². The summed E-state index contributed by atoms with van der Waals surface area (Å²) in [4.78, 5) is 21.2. The quantitative estimate of drug-likeness (QED) is 0.410. The van der Waals surface area contributed by atoms with Gasteiger partial charge in [-0.15, -0.1) is 5.10 Å². The van der Waals surface area contributed by atoms with Crippen molar-refractivity contribution in [2.75, 3.05) is 14.2 Å². The summed E-state index contributed by atoms with van der Waals surface area (Å²) >= 11 is 6.02. The molecule has 0 N–H and O–H groups in total. The molecule has 0 spiro atoms. The lowest BCUT2D eigenvalue weighted by atomic mass is 10.0. The average molecular weight is 447 g/mol. The third-order valence-electron chi connectivity index (χ3n) is 4.86. The van der Waals surface area contributed by atoms with Gasteiger partial charge in [-0.1, -0.05) is 11.6 Å². The number of ether oxygens (including phenoxy) is 2. The molecule has 1 atom stereocenters. The van der Waals surface area contributed by atoms with Crippen molar-refractivity contribution in [1.29, 1.82) is 0 Å². The van der Waals surface area contributed by atoms with Crippen molar-refractivity contribution < 1.29 is 18.7 Å². The predicted molar refractivity (Wildman–Crippen MR) is 109 cm³/mol. The molecular formula is C20H20ClFN6O3. The molecule has 4 aromatic rings. The van der Waals surface area contributed by atoms with E-state index in [1.54, 1.807) is 30.1 Å². The van der Waals surface area contributed by atoms with E-state index in [-0.39, 0.29) is 37.0 Å². The molecule has 0 saturated carbocycles.